The molecule has 0 saturated carbocycles. The van der Waals surface area contributed by atoms with Gasteiger partial charge in [-0.2, -0.15) is 0 Å². The van der Waals surface area contributed by atoms with Gasteiger partial charge in [0.2, 0.25) is 0 Å². The Morgan fingerprint density at radius 1 is 1.42 bits per heavy atom. The molecule has 1 aromatic rings. The zero-order valence-electron chi connectivity index (χ0n) is 6.70. The molecule has 0 spiro atoms. The number of benzene rings is 1. The van der Waals surface area contributed by atoms with Crippen molar-refractivity contribution >= 4 is 22.0 Å². The Bertz CT molecular complexity index is 268. The number of rotatable bonds is 3. The molecule has 0 radical (unpaired) electrons. The van der Waals surface area contributed by atoms with E-state index in [2.05, 4.69) is 15.9 Å². The Hall–Kier alpha value is -0.600. The molecule has 64 valence electrons. The highest BCUT2D eigenvalue weighted by Crippen LogP contribution is 2.07. The van der Waals surface area contributed by atoms with Crippen molar-refractivity contribution in [3.8, 4) is 0 Å². The van der Waals surface area contributed by atoms with E-state index in [-0.39, 0.29) is 6.61 Å². The van der Waals surface area contributed by atoms with Crippen molar-refractivity contribution in [2.75, 3.05) is 5.33 Å². The minimum absolute atomic E-state index is 0.107. The number of aliphatic hydroxyl groups is 1. The zero-order chi connectivity index (χ0) is 8.81. The van der Waals surface area contributed by atoms with Crippen molar-refractivity contribution in [1.82, 2.24) is 0 Å². The standard InChI is InChI=1S/C10H11BrO/c11-6-2-5-9-3-1-4-10(7-9)8-12/h1-5,7,12H,6,8H2. The van der Waals surface area contributed by atoms with Gasteiger partial charge in [0.25, 0.3) is 0 Å². The van der Waals surface area contributed by atoms with Crippen LogP contribution in [0.3, 0.4) is 0 Å². The summed E-state index contributed by atoms with van der Waals surface area (Å²) in [7, 11) is 0. The van der Waals surface area contributed by atoms with Crippen LogP contribution in [-0.4, -0.2) is 10.4 Å². The van der Waals surface area contributed by atoms with E-state index in [1.165, 1.54) is 0 Å². The molecule has 0 amide bonds. The Labute approximate surface area is 80.9 Å². The topological polar surface area (TPSA) is 20.2 Å². The third-order valence-corrected chi connectivity index (χ3v) is 1.91. The first kappa shape index (κ1) is 9.49. The molecule has 0 aromatic heterocycles. The first-order valence-electron chi connectivity index (χ1n) is 3.79. The van der Waals surface area contributed by atoms with Crippen LogP contribution >= 0.6 is 15.9 Å². The summed E-state index contributed by atoms with van der Waals surface area (Å²) in [6, 6.07) is 7.84. The molecule has 0 saturated heterocycles. The Morgan fingerprint density at radius 3 is 2.92 bits per heavy atom. The van der Waals surface area contributed by atoms with Crippen molar-refractivity contribution in [2.45, 2.75) is 6.61 Å². The fourth-order valence-corrected chi connectivity index (χ4v) is 1.16. The molecular formula is C10H11BrO. The second-order valence-corrected chi connectivity index (χ2v) is 3.11. The molecule has 0 aliphatic heterocycles. The van der Waals surface area contributed by atoms with E-state index in [1.54, 1.807) is 0 Å². The van der Waals surface area contributed by atoms with E-state index < -0.39 is 0 Å². The third kappa shape index (κ3) is 2.80. The van der Waals surface area contributed by atoms with Gasteiger partial charge in [-0.3, -0.25) is 0 Å². The summed E-state index contributed by atoms with van der Waals surface area (Å²) in [6.07, 6.45) is 4.05. The molecule has 0 aliphatic carbocycles. The highest BCUT2D eigenvalue weighted by molar-refractivity contribution is 9.09. The van der Waals surface area contributed by atoms with Crippen LogP contribution in [0.2, 0.25) is 0 Å². The van der Waals surface area contributed by atoms with Crippen molar-refractivity contribution < 1.29 is 5.11 Å². The first-order chi connectivity index (χ1) is 5.86. The monoisotopic (exact) mass is 226 g/mol. The summed E-state index contributed by atoms with van der Waals surface area (Å²) in [5.41, 5.74) is 2.08. The quantitative estimate of drug-likeness (QED) is 0.787. The number of aliphatic hydroxyl groups excluding tert-OH is 1. The van der Waals surface area contributed by atoms with Crippen molar-refractivity contribution in [1.29, 1.82) is 0 Å². The van der Waals surface area contributed by atoms with Gasteiger partial charge >= 0.3 is 0 Å². The Balaban J connectivity index is 2.79. The van der Waals surface area contributed by atoms with E-state index >= 15 is 0 Å². The average molecular weight is 227 g/mol. The third-order valence-electron chi connectivity index (χ3n) is 1.53. The number of alkyl halides is 1. The summed E-state index contributed by atoms with van der Waals surface area (Å²) in [5, 5.41) is 9.71. The molecule has 1 N–H and O–H groups in total. The molecule has 12 heavy (non-hydrogen) atoms. The lowest BCUT2D eigenvalue weighted by Gasteiger charge is -1.96. The maximum absolute atomic E-state index is 8.85. The lowest BCUT2D eigenvalue weighted by atomic mass is 10.1. The van der Waals surface area contributed by atoms with Gasteiger partial charge in [0, 0.05) is 5.33 Å². The van der Waals surface area contributed by atoms with Gasteiger partial charge in [0.1, 0.15) is 0 Å². The predicted molar refractivity (Wildman–Crippen MR) is 55.2 cm³/mol. The Morgan fingerprint density at radius 2 is 2.25 bits per heavy atom. The molecule has 0 aliphatic rings. The van der Waals surface area contributed by atoms with Gasteiger partial charge in [-0.1, -0.05) is 46.3 Å². The van der Waals surface area contributed by atoms with Crippen molar-refractivity contribution in [3.63, 3.8) is 0 Å². The maximum atomic E-state index is 8.85. The second-order valence-electron chi connectivity index (χ2n) is 2.46. The molecule has 0 fully saturated rings. The van der Waals surface area contributed by atoms with Crippen molar-refractivity contribution in [2.24, 2.45) is 0 Å². The van der Waals surface area contributed by atoms with E-state index in [0.717, 1.165) is 16.5 Å². The van der Waals surface area contributed by atoms with Gasteiger partial charge in [0.15, 0.2) is 0 Å². The highest BCUT2D eigenvalue weighted by atomic mass is 79.9. The second kappa shape index (κ2) is 5.12. The summed E-state index contributed by atoms with van der Waals surface area (Å²) >= 11 is 3.31. The summed E-state index contributed by atoms with van der Waals surface area (Å²) in [6.45, 7) is 0.107. The smallest absolute Gasteiger partial charge is 0.0682 e. The van der Waals surface area contributed by atoms with Crippen LogP contribution in [0, 0.1) is 0 Å². The fourth-order valence-electron chi connectivity index (χ4n) is 0.976. The highest BCUT2D eigenvalue weighted by Gasteiger charge is 1.89. The van der Waals surface area contributed by atoms with Crippen LogP contribution in [0.4, 0.5) is 0 Å². The molecular weight excluding hydrogens is 216 g/mol. The van der Waals surface area contributed by atoms with Gasteiger partial charge in [-0.15, -0.1) is 0 Å². The van der Waals surface area contributed by atoms with Gasteiger partial charge < -0.3 is 5.11 Å². The van der Waals surface area contributed by atoms with Crippen LogP contribution < -0.4 is 0 Å². The number of allylic oxidation sites excluding steroid dienone is 1. The SMILES string of the molecule is OCc1cccc(C=CCBr)c1. The lowest BCUT2D eigenvalue weighted by Crippen LogP contribution is -1.82. The predicted octanol–water partition coefficient (Wildman–Crippen LogP) is 2.59. The van der Waals surface area contributed by atoms with Crippen LogP contribution in [-0.2, 0) is 6.61 Å². The van der Waals surface area contributed by atoms with Gasteiger partial charge in [0.05, 0.1) is 6.61 Å². The van der Waals surface area contributed by atoms with Gasteiger partial charge in [-0.25, -0.2) is 0 Å². The summed E-state index contributed by atoms with van der Waals surface area (Å²) < 4.78 is 0. The van der Waals surface area contributed by atoms with E-state index in [9.17, 15) is 0 Å². The first-order valence-corrected chi connectivity index (χ1v) is 4.91. The number of hydrogen-bond acceptors (Lipinski definition) is 1. The minimum atomic E-state index is 0.107. The molecule has 0 atom stereocenters. The molecule has 0 heterocycles. The van der Waals surface area contributed by atoms with Crippen LogP contribution in [0.25, 0.3) is 6.08 Å². The summed E-state index contributed by atoms with van der Waals surface area (Å²) in [4.78, 5) is 0. The Kier molecular flexibility index (Phi) is 4.05. The van der Waals surface area contributed by atoms with Crippen molar-refractivity contribution in [3.05, 3.63) is 41.5 Å². The molecule has 1 aromatic carbocycles. The lowest BCUT2D eigenvalue weighted by molar-refractivity contribution is 0.282. The zero-order valence-corrected chi connectivity index (χ0v) is 8.29. The van der Waals surface area contributed by atoms with Gasteiger partial charge in [-0.05, 0) is 17.2 Å². The molecule has 1 nitrogen and oxygen atoms in total. The number of hydrogen-bond donors (Lipinski definition) is 1. The molecule has 1 rings (SSSR count). The summed E-state index contributed by atoms with van der Waals surface area (Å²) in [5.74, 6) is 0. The molecule has 0 unspecified atom stereocenters. The maximum Gasteiger partial charge on any atom is 0.0682 e. The van der Waals surface area contributed by atoms with Crippen LogP contribution in [0.15, 0.2) is 30.3 Å². The molecule has 2 heteroatoms. The van der Waals surface area contributed by atoms with E-state index in [0.29, 0.717) is 0 Å². The largest absolute Gasteiger partial charge is 0.392 e. The number of halogens is 1. The molecule has 0 bridgehead atoms. The fraction of sp³-hybridized carbons (Fsp3) is 0.200. The average Bonchev–Trinajstić information content (AvgIpc) is 2.15. The normalized spacial score (nSPS) is 10.8. The van der Waals surface area contributed by atoms with E-state index in [4.69, 9.17) is 5.11 Å². The van der Waals surface area contributed by atoms with Crippen LogP contribution in [0.1, 0.15) is 11.1 Å². The van der Waals surface area contributed by atoms with E-state index in [1.807, 2.05) is 36.4 Å². The minimum Gasteiger partial charge on any atom is -0.392 e. The van der Waals surface area contributed by atoms with Crippen LogP contribution in [0.5, 0.6) is 0 Å².